The van der Waals surface area contributed by atoms with E-state index in [1.54, 1.807) is 0 Å². The van der Waals surface area contributed by atoms with Gasteiger partial charge in [0.2, 0.25) is 5.91 Å². The van der Waals surface area contributed by atoms with Crippen LogP contribution in [-0.4, -0.2) is 23.2 Å². The smallest absolute Gasteiger partial charge is 0.223 e. The number of nitrogens with one attached hydrogen (secondary N) is 1. The predicted octanol–water partition coefficient (Wildman–Crippen LogP) is 1.45. The molecule has 2 unspecified atom stereocenters. The average molecular weight is 199 g/mol. The molecule has 0 aromatic carbocycles. The molecular formula is C11H21NO2. The molecule has 14 heavy (non-hydrogen) atoms. The van der Waals surface area contributed by atoms with Gasteiger partial charge >= 0.3 is 0 Å². The Morgan fingerprint density at radius 2 is 2.07 bits per heavy atom. The number of hydrogen-bond acceptors (Lipinski definition) is 2. The summed E-state index contributed by atoms with van der Waals surface area (Å²) in [5.74, 6) is 0.226. The second kappa shape index (κ2) is 5.35. The molecular weight excluding hydrogens is 178 g/mol. The monoisotopic (exact) mass is 199 g/mol. The van der Waals surface area contributed by atoms with Crippen LogP contribution in [0.5, 0.6) is 0 Å². The lowest BCUT2D eigenvalue weighted by atomic mass is 10.0. The summed E-state index contributed by atoms with van der Waals surface area (Å²) in [5, 5.41) is 12.5. The summed E-state index contributed by atoms with van der Waals surface area (Å²) < 4.78 is 0. The molecule has 0 heterocycles. The van der Waals surface area contributed by atoms with Gasteiger partial charge in [0.25, 0.3) is 0 Å². The number of aliphatic hydroxyl groups excluding tert-OH is 1. The fourth-order valence-electron chi connectivity index (χ4n) is 2.07. The van der Waals surface area contributed by atoms with E-state index < -0.39 is 0 Å². The number of aliphatic hydroxyl groups is 1. The zero-order valence-electron chi connectivity index (χ0n) is 9.12. The maximum Gasteiger partial charge on any atom is 0.223 e. The van der Waals surface area contributed by atoms with Crippen LogP contribution in [0.2, 0.25) is 0 Å². The lowest BCUT2D eigenvalue weighted by molar-refractivity contribution is -0.126. The van der Waals surface area contributed by atoms with Crippen LogP contribution in [-0.2, 0) is 4.79 Å². The van der Waals surface area contributed by atoms with Gasteiger partial charge in [-0.25, -0.2) is 0 Å². The van der Waals surface area contributed by atoms with Crippen LogP contribution in [0, 0.1) is 5.92 Å². The third kappa shape index (κ3) is 2.71. The van der Waals surface area contributed by atoms with E-state index in [0.717, 1.165) is 32.1 Å². The average Bonchev–Trinajstić information content (AvgIpc) is 2.54. The molecule has 1 rings (SSSR count). The van der Waals surface area contributed by atoms with Crippen molar-refractivity contribution in [2.24, 2.45) is 5.92 Å². The predicted molar refractivity (Wildman–Crippen MR) is 55.9 cm³/mol. The third-order valence-electron chi connectivity index (χ3n) is 3.16. The molecule has 0 aromatic heterocycles. The Hall–Kier alpha value is -0.570. The van der Waals surface area contributed by atoms with E-state index in [0.29, 0.717) is 0 Å². The van der Waals surface area contributed by atoms with Gasteiger partial charge < -0.3 is 10.4 Å². The second-order valence-corrected chi connectivity index (χ2v) is 4.13. The number of carbonyl (C=O) groups is 1. The van der Waals surface area contributed by atoms with Gasteiger partial charge in [-0.2, -0.15) is 0 Å². The van der Waals surface area contributed by atoms with Gasteiger partial charge in [-0.3, -0.25) is 4.79 Å². The minimum atomic E-state index is -0.326. The molecule has 1 saturated carbocycles. The van der Waals surface area contributed by atoms with Crippen molar-refractivity contribution in [2.75, 3.05) is 0 Å². The molecule has 1 fully saturated rings. The van der Waals surface area contributed by atoms with Crippen molar-refractivity contribution in [3.8, 4) is 0 Å². The molecule has 3 nitrogen and oxygen atoms in total. The fourth-order valence-corrected chi connectivity index (χ4v) is 2.07. The number of amides is 1. The highest BCUT2D eigenvalue weighted by atomic mass is 16.3. The highest BCUT2D eigenvalue weighted by molar-refractivity contribution is 5.78. The van der Waals surface area contributed by atoms with Gasteiger partial charge in [0.05, 0.1) is 12.1 Å². The standard InChI is InChI=1S/C11H21NO2/c1-3-8(4-2)11(14)12-9-6-5-7-10(9)13/h8-10,13H,3-7H2,1-2H3,(H,12,14). The molecule has 0 saturated heterocycles. The van der Waals surface area contributed by atoms with Crippen LogP contribution in [0.4, 0.5) is 0 Å². The number of rotatable bonds is 4. The van der Waals surface area contributed by atoms with E-state index in [-0.39, 0.29) is 24.0 Å². The summed E-state index contributed by atoms with van der Waals surface area (Å²) in [7, 11) is 0. The Kier molecular flexibility index (Phi) is 4.39. The van der Waals surface area contributed by atoms with Gasteiger partial charge in [-0.1, -0.05) is 13.8 Å². The van der Waals surface area contributed by atoms with Crippen molar-refractivity contribution < 1.29 is 9.90 Å². The van der Waals surface area contributed by atoms with Crippen molar-refractivity contribution >= 4 is 5.91 Å². The SMILES string of the molecule is CCC(CC)C(=O)NC1CCCC1O. The molecule has 0 bridgehead atoms. The van der Waals surface area contributed by atoms with E-state index in [4.69, 9.17) is 0 Å². The molecule has 2 N–H and O–H groups in total. The quantitative estimate of drug-likeness (QED) is 0.720. The Balaban J connectivity index is 2.39. The first-order valence-corrected chi connectivity index (χ1v) is 5.67. The minimum Gasteiger partial charge on any atom is -0.391 e. The van der Waals surface area contributed by atoms with Crippen LogP contribution in [0.25, 0.3) is 0 Å². The zero-order chi connectivity index (χ0) is 10.6. The van der Waals surface area contributed by atoms with Crippen LogP contribution in [0.1, 0.15) is 46.0 Å². The Labute approximate surface area is 85.9 Å². The maximum atomic E-state index is 11.7. The van der Waals surface area contributed by atoms with E-state index >= 15 is 0 Å². The lowest BCUT2D eigenvalue weighted by Gasteiger charge is -2.20. The number of hydrogen-bond donors (Lipinski definition) is 2. The lowest BCUT2D eigenvalue weighted by Crippen LogP contribution is -2.42. The Morgan fingerprint density at radius 1 is 1.43 bits per heavy atom. The minimum absolute atomic E-state index is 0.00287. The summed E-state index contributed by atoms with van der Waals surface area (Å²) >= 11 is 0. The van der Waals surface area contributed by atoms with Crippen LogP contribution >= 0.6 is 0 Å². The first-order chi connectivity index (χ1) is 6.69. The zero-order valence-corrected chi connectivity index (χ0v) is 9.12. The van der Waals surface area contributed by atoms with Crippen LogP contribution in [0.3, 0.4) is 0 Å². The van der Waals surface area contributed by atoms with Gasteiger partial charge in [0.15, 0.2) is 0 Å². The van der Waals surface area contributed by atoms with Gasteiger partial charge in [0.1, 0.15) is 0 Å². The van der Waals surface area contributed by atoms with Gasteiger partial charge in [-0.05, 0) is 32.1 Å². The third-order valence-corrected chi connectivity index (χ3v) is 3.16. The summed E-state index contributed by atoms with van der Waals surface area (Å²) in [4.78, 5) is 11.7. The topological polar surface area (TPSA) is 49.3 Å². The van der Waals surface area contributed by atoms with Gasteiger partial charge in [0, 0.05) is 5.92 Å². The maximum absolute atomic E-state index is 11.7. The summed E-state index contributed by atoms with van der Waals surface area (Å²) in [5.41, 5.74) is 0. The van der Waals surface area contributed by atoms with E-state index in [2.05, 4.69) is 5.32 Å². The van der Waals surface area contributed by atoms with Crippen LogP contribution in [0.15, 0.2) is 0 Å². The molecule has 82 valence electrons. The first-order valence-electron chi connectivity index (χ1n) is 5.67. The Bertz CT molecular complexity index is 190. The normalized spacial score (nSPS) is 26.9. The van der Waals surface area contributed by atoms with Crippen molar-refractivity contribution in [3.63, 3.8) is 0 Å². The van der Waals surface area contributed by atoms with Gasteiger partial charge in [-0.15, -0.1) is 0 Å². The van der Waals surface area contributed by atoms with E-state index in [1.165, 1.54) is 0 Å². The van der Waals surface area contributed by atoms with Crippen molar-refractivity contribution in [1.82, 2.24) is 5.32 Å². The van der Waals surface area contributed by atoms with Crippen molar-refractivity contribution in [3.05, 3.63) is 0 Å². The molecule has 2 atom stereocenters. The van der Waals surface area contributed by atoms with E-state index in [9.17, 15) is 9.90 Å². The summed E-state index contributed by atoms with van der Waals surface area (Å²) in [6, 6.07) is 0.00287. The van der Waals surface area contributed by atoms with Crippen molar-refractivity contribution in [2.45, 2.75) is 58.1 Å². The molecule has 1 aliphatic carbocycles. The largest absolute Gasteiger partial charge is 0.391 e. The summed E-state index contributed by atoms with van der Waals surface area (Å²) in [6.45, 7) is 4.05. The molecule has 1 amide bonds. The molecule has 0 aliphatic heterocycles. The Morgan fingerprint density at radius 3 is 2.50 bits per heavy atom. The summed E-state index contributed by atoms with van der Waals surface area (Å²) in [6.07, 6.45) is 4.21. The fraction of sp³-hybridized carbons (Fsp3) is 0.909. The van der Waals surface area contributed by atoms with Crippen LogP contribution < -0.4 is 5.32 Å². The molecule has 0 radical (unpaired) electrons. The molecule has 1 aliphatic rings. The molecule has 0 aromatic rings. The molecule has 0 spiro atoms. The second-order valence-electron chi connectivity index (χ2n) is 4.13. The van der Waals surface area contributed by atoms with Crippen molar-refractivity contribution in [1.29, 1.82) is 0 Å². The van der Waals surface area contributed by atoms with E-state index in [1.807, 2.05) is 13.8 Å². The highest BCUT2D eigenvalue weighted by Gasteiger charge is 2.27. The first kappa shape index (κ1) is 11.5. The number of carbonyl (C=O) groups excluding carboxylic acids is 1. The highest BCUT2D eigenvalue weighted by Crippen LogP contribution is 2.19. The molecule has 3 heteroatoms.